The quantitative estimate of drug-likeness (QED) is 0.183. The van der Waals surface area contributed by atoms with Crippen LogP contribution in [0.2, 0.25) is 10.0 Å². The molecular weight excluding hydrogens is 655 g/mol. The zero-order valence-corrected chi connectivity index (χ0v) is 29.8. The number of amides is 2. The van der Waals surface area contributed by atoms with Crippen molar-refractivity contribution in [2.45, 2.75) is 46.5 Å². The Bertz CT molecular complexity index is 1650. The molecule has 4 rings (SSSR count). The van der Waals surface area contributed by atoms with Gasteiger partial charge in [0.15, 0.2) is 11.5 Å². The lowest BCUT2D eigenvalue weighted by atomic mass is 9.92. The molecule has 3 aromatic rings. The summed E-state index contributed by atoms with van der Waals surface area (Å²) in [4.78, 5) is 33.4. The van der Waals surface area contributed by atoms with E-state index in [4.69, 9.17) is 37.4 Å². The molecule has 1 aliphatic heterocycles. The number of ether oxygens (including phenoxy) is 3. The highest BCUT2D eigenvalue weighted by Gasteiger charge is 2.22. The molecular formula is C35H44Cl2N6O5. The Morgan fingerprint density at radius 2 is 1.71 bits per heavy atom. The van der Waals surface area contributed by atoms with E-state index in [2.05, 4.69) is 26.6 Å². The fraction of sp³-hybridized carbons (Fsp3) is 0.486. The molecule has 13 heteroatoms. The van der Waals surface area contributed by atoms with Crippen molar-refractivity contribution in [1.82, 2.24) is 20.1 Å². The Hall–Kier alpha value is -3.98. The van der Waals surface area contributed by atoms with E-state index in [1.54, 1.807) is 31.4 Å². The first-order valence-electron chi connectivity index (χ1n) is 16.0. The van der Waals surface area contributed by atoms with Gasteiger partial charge in [0.2, 0.25) is 11.8 Å². The maximum atomic E-state index is 12.7. The third-order valence-electron chi connectivity index (χ3n) is 7.96. The van der Waals surface area contributed by atoms with Crippen molar-refractivity contribution in [3.05, 3.63) is 46.1 Å². The van der Waals surface area contributed by atoms with Crippen LogP contribution in [0.15, 0.2) is 30.5 Å². The third kappa shape index (κ3) is 10.0. The molecule has 0 spiro atoms. The van der Waals surface area contributed by atoms with Gasteiger partial charge < -0.3 is 29.7 Å². The van der Waals surface area contributed by atoms with Crippen LogP contribution in [0, 0.1) is 16.7 Å². The van der Waals surface area contributed by atoms with Gasteiger partial charge in [-0.05, 0) is 30.4 Å². The molecule has 0 saturated carbocycles. The molecule has 0 aliphatic carbocycles. The fourth-order valence-electron chi connectivity index (χ4n) is 5.47. The first kappa shape index (κ1) is 36.8. The van der Waals surface area contributed by atoms with Crippen LogP contribution >= 0.6 is 23.2 Å². The number of methoxy groups -OCH3 is 2. The number of hydrogen-bond donors (Lipinski definition) is 2. The number of carbonyl (C=O) groups is 2. The predicted molar refractivity (Wildman–Crippen MR) is 189 cm³/mol. The first-order valence-corrected chi connectivity index (χ1v) is 16.8. The molecule has 2 amide bonds. The number of hydrogen-bond acceptors (Lipinski definition) is 9. The number of anilines is 2. The number of pyridine rings is 1. The SMILES string of the molecule is COc1cc(Nc2c(C#N)cnc3cc(OCCCN4CCN(C(=O)CCCNC(=O)CC(C)(C)C)CC4)c(OC)cc23)c(Cl)cc1Cl. The molecule has 0 bridgehead atoms. The molecule has 2 N–H and O–H groups in total. The number of halogens is 2. The van der Waals surface area contributed by atoms with Crippen molar-refractivity contribution in [3.8, 4) is 23.3 Å². The van der Waals surface area contributed by atoms with E-state index in [0.717, 1.165) is 26.1 Å². The lowest BCUT2D eigenvalue weighted by molar-refractivity contribution is -0.133. The van der Waals surface area contributed by atoms with Crippen LogP contribution in [-0.4, -0.2) is 86.7 Å². The number of nitrogens with zero attached hydrogens (tertiary/aromatic N) is 4. The summed E-state index contributed by atoms with van der Waals surface area (Å²) in [5.41, 5.74) is 1.91. The van der Waals surface area contributed by atoms with Gasteiger partial charge in [0.05, 0.1) is 53.3 Å². The summed E-state index contributed by atoms with van der Waals surface area (Å²) < 4.78 is 17.1. The lowest BCUT2D eigenvalue weighted by Crippen LogP contribution is -2.49. The first-order chi connectivity index (χ1) is 22.9. The summed E-state index contributed by atoms with van der Waals surface area (Å²) in [7, 11) is 3.08. The topological polar surface area (TPSA) is 129 Å². The largest absolute Gasteiger partial charge is 0.495 e. The molecule has 0 unspecified atom stereocenters. The second kappa shape index (κ2) is 16.9. The molecule has 1 saturated heterocycles. The van der Waals surface area contributed by atoms with Gasteiger partial charge >= 0.3 is 0 Å². The van der Waals surface area contributed by atoms with Gasteiger partial charge in [-0.15, -0.1) is 0 Å². The van der Waals surface area contributed by atoms with Crippen molar-refractivity contribution in [2.24, 2.45) is 5.41 Å². The number of rotatable bonds is 14. The summed E-state index contributed by atoms with van der Waals surface area (Å²) in [6.07, 6.45) is 3.84. The van der Waals surface area contributed by atoms with Crippen LogP contribution < -0.4 is 24.8 Å². The summed E-state index contributed by atoms with van der Waals surface area (Å²) in [5, 5.41) is 17.4. The number of carbonyl (C=O) groups excluding carboxylic acids is 2. The van der Waals surface area contributed by atoms with Crippen LogP contribution in [-0.2, 0) is 9.59 Å². The van der Waals surface area contributed by atoms with Gasteiger partial charge in [0.1, 0.15) is 11.8 Å². The monoisotopic (exact) mass is 698 g/mol. The smallest absolute Gasteiger partial charge is 0.222 e. The van der Waals surface area contributed by atoms with Crippen molar-refractivity contribution in [1.29, 1.82) is 5.26 Å². The number of piperazine rings is 1. The Kier molecular flexibility index (Phi) is 13.0. The van der Waals surface area contributed by atoms with Crippen molar-refractivity contribution >= 4 is 57.3 Å². The Balaban J connectivity index is 1.28. The molecule has 11 nitrogen and oxygen atoms in total. The van der Waals surface area contributed by atoms with Crippen LogP contribution in [0.1, 0.15) is 52.0 Å². The Morgan fingerprint density at radius 3 is 2.38 bits per heavy atom. The molecule has 1 fully saturated rings. The van der Waals surface area contributed by atoms with E-state index in [-0.39, 0.29) is 17.2 Å². The molecule has 2 heterocycles. The lowest BCUT2D eigenvalue weighted by Gasteiger charge is -2.34. The highest BCUT2D eigenvalue weighted by atomic mass is 35.5. The summed E-state index contributed by atoms with van der Waals surface area (Å²) in [6, 6.07) is 9.02. The number of nitrogens with one attached hydrogen (secondary N) is 2. The van der Waals surface area contributed by atoms with Gasteiger partial charge in [-0.3, -0.25) is 19.5 Å². The van der Waals surface area contributed by atoms with Crippen LogP contribution in [0.25, 0.3) is 10.9 Å². The number of aromatic nitrogens is 1. The maximum Gasteiger partial charge on any atom is 0.222 e. The molecule has 1 aromatic heterocycles. The minimum absolute atomic E-state index is 0.0292. The Morgan fingerprint density at radius 1 is 0.979 bits per heavy atom. The minimum Gasteiger partial charge on any atom is -0.495 e. The number of nitriles is 1. The molecule has 48 heavy (non-hydrogen) atoms. The minimum atomic E-state index is -0.0512. The van der Waals surface area contributed by atoms with E-state index in [9.17, 15) is 14.9 Å². The normalized spacial score (nSPS) is 13.6. The standard InChI is InChI=1S/C35H44Cl2N6O5/c1-35(2,3)20-32(44)39-9-6-8-33(45)43-13-11-42(12-14-43)10-7-15-48-31-18-27-24(16-30(31)47-5)34(23(21-38)22-40-27)41-28-19-29(46-4)26(37)17-25(28)36/h16-19,22H,6-15,20H2,1-5H3,(H,39,44)(H,40,41). The van der Waals surface area contributed by atoms with Gasteiger partial charge in [0, 0.05) is 75.8 Å². The fourth-order valence-corrected chi connectivity index (χ4v) is 5.98. The van der Waals surface area contributed by atoms with Crippen LogP contribution in [0.5, 0.6) is 17.2 Å². The number of fused-ring (bicyclic) bond motifs is 1. The average Bonchev–Trinajstić information content (AvgIpc) is 3.05. The maximum absolute atomic E-state index is 12.7. The zero-order valence-electron chi connectivity index (χ0n) is 28.3. The molecule has 0 atom stereocenters. The van der Waals surface area contributed by atoms with E-state index in [1.807, 2.05) is 25.7 Å². The van der Waals surface area contributed by atoms with Gasteiger partial charge in [-0.1, -0.05) is 44.0 Å². The Labute approximate surface area is 292 Å². The molecule has 2 aromatic carbocycles. The van der Waals surface area contributed by atoms with Crippen LogP contribution in [0.3, 0.4) is 0 Å². The predicted octanol–water partition coefficient (Wildman–Crippen LogP) is 6.42. The van der Waals surface area contributed by atoms with Gasteiger partial charge in [0.25, 0.3) is 0 Å². The van der Waals surface area contributed by atoms with E-state index in [0.29, 0.717) is 101 Å². The van der Waals surface area contributed by atoms with Crippen molar-refractivity contribution in [2.75, 3.05) is 65.4 Å². The summed E-state index contributed by atoms with van der Waals surface area (Å²) >= 11 is 12.7. The average molecular weight is 700 g/mol. The van der Waals surface area contributed by atoms with Gasteiger partial charge in [-0.2, -0.15) is 5.26 Å². The zero-order chi connectivity index (χ0) is 34.8. The third-order valence-corrected chi connectivity index (χ3v) is 8.56. The molecule has 258 valence electrons. The van der Waals surface area contributed by atoms with Crippen molar-refractivity contribution < 1.29 is 23.8 Å². The summed E-state index contributed by atoms with van der Waals surface area (Å²) in [5.74, 6) is 1.65. The number of benzene rings is 2. The van der Waals surface area contributed by atoms with Gasteiger partial charge in [-0.25, -0.2) is 0 Å². The highest BCUT2D eigenvalue weighted by molar-refractivity contribution is 6.37. The molecule has 0 radical (unpaired) electrons. The van der Waals surface area contributed by atoms with E-state index in [1.165, 1.54) is 13.3 Å². The molecule has 1 aliphatic rings. The summed E-state index contributed by atoms with van der Waals surface area (Å²) in [6.45, 7) is 10.9. The van der Waals surface area contributed by atoms with E-state index < -0.39 is 0 Å². The second-order valence-electron chi connectivity index (χ2n) is 12.9. The second-order valence-corrected chi connectivity index (χ2v) is 13.7. The van der Waals surface area contributed by atoms with Crippen molar-refractivity contribution in [3.63, 3.8) is 0 Å². The van der Waals surface area contributed by atoms with E-state index >= 15 is 0 Å². The highest BCUT2D eigenvalue weighted by Crippen LogP contribution is 2.40. The van der Waals surface area contributed by atoms with Crippen LogP contribution in [0.4, 0.5) is 11.4 Å².